The van der Waals surface area contributed by atoms with E-state index >= 15 is 0 Å². The molecule has 0 aliphatic carbocycles. The van der Waals surface area contributed by atoms with Gasteiger partial charge in [-0.2, -0.15) is 0 Å². The summed E-state index contributed by atoms with van der Waals surface area (Å²) < 4.78 is 15.9. The standard InChI is InChI=1S/C28H25N5O2S/c1-17-8-7-10-20(14-17)27-29-21(19(3)35-27)16-36-28-31-30-26(33(28)22-11-6-5-9-18(22)2)24-15-25-23(32(24)4)12-13-34-25/h5-15H,16H2,1-4H3. The van der Waals surface area contributed by atoms with Crippen LogP contribution in [0.4, 0.5) is 0 Å². The number of thioether (sulfide) groups is 1. The highest BCUT2D eigenvalue weighted by Crippen LogP contribution is 2.34. The van der Waals surface area contributed by atoms with E-state index in [-0.39, 0.29) is 0 Å². The van der Waals surface area contributed by atoms with E-state index in [1.807, 2.05) is 50.4 Å². The van der Waals surface area contributed by atoms with Crippen molar-refractivity contribution in [2.24, 2.45) is 7.05 Å². The smallest absolute Gasteiger partial charge is 0.226 e. The minimum absolute atomic E-state index is 0.612. The molecule has 6 rings (SSSR count). The van der Waals surface area contributed by atoms with Crippen molar-refractivity contribution in [1.82, 2.24) is 24.3 Å². The van der Waals surface area contributed by atoms with Crippen molar-refractivity contribution >= 4 is 22.9 Å². The van der Waals surface area contributed by atoms with E-state index in [1.54, 1.807) is 18.0 Å². The molecular formula is C28H25N5O2S. The van der Waals surface area contributed by atoms with E-state index < -0.39 is 0 Å². The lowest BCUT2D eigenvalue weighted by molar-refractivity contribution is 0.540. The highest BCUT2D eigenvalue weighted by Gasteiger charge is 2.22. The number of hydrogen-bond donors (Lipinski definition) is 0. The van der Waals surface area contributed by atoms with Gasteiger partial charge in [-0.3, -0.25) is 4.57 Å². The number of rotatable bonds is 6. The van der Waals surface area contributed by atoms with Crippen LogP contribution in [0.3, 0.4) is 0 Å². The van der Waals surface area contributed by atoms with Crippen LogP contribution in [0, 0.1) is 20.8 Å². The average Bonchev–Trinajstić information content (AvgIpc) is 3.63. The zero-order chi connectivity index (χ0) is 24.8. The second-order valence-corrected chi connectivity index (χ2v) is 9.81. The molecule has 8 heteroatoms. The first kappa shape index (κ1) is 22.4. The van der Waals surface area contributed by atoms with Crippen molar-refractivity contribution in [2.45, 2.75) is 31.7 Å². The number of oxazole rings is 1. The van der Waals surface area contributed by atoms with Crippen LogP contribution in [-0.4, -0.2) is 24.3 Å². The van der Waals surface area contributed by atoms with Crippen LogP contribution in [-0.2, 0) is 12.8 Å². The summed E-state index contributed by atoms with van der Waals surface area (Å²) in [5.41, 5.74) is 8.00. The van der Waals surface area contributed by atoms with Gasteiger partial charge in [0, 0.05) is 30.5 Å². The lowest BCUT2D eigenvalue weighted by atomic mass is 10.1. The summed E-state index contributed by atoms with van der Waals surface area (Å²) in [4.78, 5) is 4.80. The summed E-state index contributed by atoms with van der Waals surface area (Å²) in [7, 11) is 2.02. The third-order valence-electron chi connectivity index (χ3n) is 6.38. The lowest BCUT2D eigenvalue weighted by Crippen LogP contribution is -2.04. The molecule has 0 fully saturated rings. The summed E-state index contributed by atoms with van der Waals surface area (Å²) in [5, 5.41) is 10.0. The Morgan fingerprint density at radius 2 is 1.81 bits per heavy atom. The zero-order valence-corrected chi connectivity index (χ0v) is 21.3. The minimum atomic E-state index is 0.612. The van der Waals surface area contributed by atoms with Crippen LogP contribution in [0.15, 0.2) is 80.9 Å². The number of aromatic nitrogens is 5. The van der Waals surface area contributed by atoms with Crippen molar-refractivity contribution in [3.05, 3.63) is 89.5 Å². The number of aryl methyl sites for hydroxylation is 4. The van der Waals surface area contributed by atoms with Crippen LogP contribution in [0.2, 0.25) is 0 Å². The van der Waals surface area contributed by atoms with Gasteiger partial charge in [-0.05, 0) is 44.5 Å². The number of para-hydroxylation sites is 1. The molecule has 0 bridgehead atoms. The van der Waals surface area contributed by atoms with Gasteiger partial charge < -0.3 is 13.4 Å². The Balaban J connectivity index is 1.38. The number of furan rings is 1. The maximum absolute atomic E-state index is 6.01. The summed E-state index contributed by atoms with van der Waals surface area (Å²) in [6, 6.07) is 20.4. The third-order valence-corrected chi connectivity index (χ3v) is 7.32. The number of hydrogen-bond acceptors (Lipinski definition) is 6. The molecule has 0 atom stereocenters. The van der Waals surface area contributed by atoms with E-state index in [4.69, 9.17) is 13.8 Å². The lowest BCUT2D eigenvalue weighted by Gasteiger charge is -2.13. The maximum Gasteiger partial charge on any atom is 0.226 e. The molecule has 0 radical (unpaired) electrons. The molecule has 0 unspecified atom stereocenters. The van der Waals surface area contributed by atoms with E-state index in [0.717, 1.165) is 56.0 Å². The second kappa shape index (κ2) is 8.87. The van der Waals surface area contributed by atoms with E-state index in [0.29, 0.717) is 11.6 Å². The average molecular weight is 496 g/mol. The summed E-state index contributed by atoms with van der Waals surface area (Å²) in [6.45, 7) is 6.12. The molecule has 0 aliphatic heterocycles. The zero-order valence-electron chi connectivity index (χ0n) is 20.5. The van der Waals surface area contributed by atoms with Crippen molar-refractivity contribution < 1.29 is 8.83 Å². The molecule has 6 aromatic rings. The molecule has 0 saturated carbocycles. The van der Waals surface area contributed by atoms with Crippen LogP contribution in [0.5, 0.6) is 0 Å². The first-order valence-corrected chi connectivity index (χ1v) is 12.7. The monoisotopic (exact) mass is 495 g/mol. The van der Waals surface area contributed by atoms with Gasteiger partial charge in [0.15, 0.2) is 16.6 Å². The van der Waals surface area contributed by atoms with Gasteiger partial charge in [0.2, 0.25) is 5.89 Å². The highest BCUT2D eigenvalue weighted by atomic mass is 32.2. The maximum atomic E-state index is 6.01. The van der Waals surface area contributed by atoms with Gasteiger partial charge in [0.1, 0.15) is 5.76 Å². The van der Waals surface area contributed by atoms with Crippen LogP contribution in [0.25, 0.3) is 39.8 Å². The van der Waals surface area contributed by atoms with Crippen LogP contribution < -0.4 is 0 Å². The molecule has 2 aromatic carbocycles. The van der Waals surface area contributed by atoms with Gasteiger partial charge >= 0.3 is 0 Å². The molecule has 0 saturated heterocycles. The SMILES string of the molecule is Cc1cccc(-c2nc(CSc3nnc(-c4cc5occc5n4C)n3-c3ccccc3C)c(C)o2)c1. The first-order valence-electron chi connectivity index (χ1n) is 11.7. The van der Waals surface area contributed by atoms with Gasteiger partial charge in [0.25, 0.3) is 0 Å². The van der Waals surface area contributed by atoms with E-state index in [1.165, 1.54) is 5.56 Å². The molecule has 180 valence electrons. The Morgan fingerprint density at radius 1 is 0.944 bits per heavy atom. The normalized spacial score (nSPS) is 11.6. The summed E-state index contributed by atoms with van der Waals surface area (Å²) in [6.07, 6.45) is 1.70. The van der Waals surface area contributed by atoms with Gasteiger partial charge in [0.05, 0.1) is 28.9 Å². The first-order chi connectivity index (χ1) is 17.5. The molecule has 4 aromatic heterocycles. The van der Waals surface area contributed by atoms with Crippen LogP contribution in [0.1, 0.15) is 22.6 Å². The Labute approximate surface area is 212 Å². The fourth-order valence-corrected chi connectivity index (χ4v) is 5.37. The Morgan fingerprint density at radius 3 is 2.61 bits per heavy atom. The number of nitrogens with zero attached hydrogens (tertiary/aromatic N) is 5. The van der Waals surface area contributed by atoms with Crippen molar-refractivity contribution in [3.8, 4) is 28.7 Å². The Hall–Kier alpha value is -4.04. The van der Waals surface area contributed by atoms with Crippen molar-refractivity contribution in [2.75, 3.05) is 0 Å². The third kappa shape index (κ3) is 3.83. The molecule has 4 heterocycles. The van der Waals surface area contributed by atoms with Gasteiger partial charge in [-0.25, -0.2) is 4.98 Å². The Kier molecular flexibility index (Phi) is 5.53. The molecule has 0 N–H and O–H groups in total. The number of benzene rings is 2. The minimum Gasteiger partial charge on any atom is -0.463 e. The second-order valence-electron chi connectivity index (χ2n) is 8.87. The Bertz CT molecular complexity index is 1700. The highest BCUT2D eigenvalue weighted by molar-refractivity contribution is 7.98. The predicted molar refractivity (Wildman–Crippen MR) is 141 cm³/mol. The predicted octanol–water partition coefficient (Wildman–Crippen LogP) is 6.89. The molecule has 7 nitrogen and oxygen atoms in total. The van der Waals surface area contributed by atoms with E-state index in [9.17, 15) is 0 Å². The number of fused-ring (bicyclic) bond motifs is 1. The topological polar surface area (TPSA) is 74.8 Å². The largest absolute Gasteiger partial charge is 0.463 e. The van der Waals surface area contributed by atoms with Gasteiger partial charge in [-0.1, -0.05) is 47.7 Å². The molecule has 0 spiro atoms. The van der Waals surface area contributed by atoms with Crippen LogP contribution >= 0.6 is 11.8 Å². The summed E-state index contributed by atoms with van der Waals surface area (Å²) >= 11 is 1.59. The molecule has 0 amide bonds. The quantitative estimate of drug-likeness (QED) is 0.234. The fourth-order valence-electron chi connectivity index (χ4n) is 4.42. The van der Waals surface area contributed by atoms with Gasteiger partial charge in [-0.15, -0.1) is 10.2 Å². The molecule has 0 aliphatic rings. The molecular weight excluding hydrogens is 470 g/mol. The van der Waals surface area contributed by atoms with E-state index in [2.05, 4.69) is 57.4 Å². The summed E-state index contributed by atoms with van der Waals surface area (Å²) in [5.74, 6) is 2.82. The fraction of sp³-hybridized carbons (Fsp3) is 0.179. The van der Waals surface area contributed by atoms with Crippen molar-refractivity contribution in [3.63, 3.8) is 0 Å². The molecule has 36 heavy (non-hydrogen) atoms. The van der Waals surface area contributed by atoms with Crippen molar-refractivity contribution in [1.29, 1.82) is 0 Å².